The molecule has 0 amide bonds. The molecule has 0 saturated heterocycles. The molecule has 14 rings (SSSR count). The standard InChI is InChI=1S/C66H40N2O/c1-4-22-46-41(15-1)18-11-29-56(46)61-62(66(59-31-13-20-43-17-3-6-24-48(43)59)69-65(61)58-30-12-19-42-16-2-5-23-47(42)58)57-38-36-54(50-26-8-10-28-52(50)57)53-35-37-55(51-27-9-7-25-49(51)53)60-39-34-45-33-32-44-21-14-40-67-63(44)64(45)68-60/h1-40H/i1D,2D,3D,4D,5D,6D,8D,10D,11D,12D,13D,14D,15D,16D,17D,18D,19D,20D,21D,22D,23D,24D,26D,28D,29D,30D,31D,32D,33D,34D,36D,38D,39D,40D. The predicted octanol–water partition coefficient (Wildman–Crippen LogP) is 18.1. The number of pyridine rings is 2. The van der Waals surface area contributed by atoms with Gasteiger partial charge in [-0.3, -0.25) is 4.98 Å². The average Bonchev–Trinajstić information content (AvgIpc) is 1.66. The Morgan fingerprint density at radius 3 is 1.39 bits per heavy atom. The quantitative estimate of drug-likeness (QED) is 0.156. The summed E-state index contributed by atoms with van der Waals surface area (Å²) in [5.41, 5.74) is -7.30. The lowest BCUT2D eigenvalue weighted by Crippen LogP contribution is -1.93. The van der Waals surface area contributed by atoms with Gasteiger partial charge in [0, 0.05) is 44.8 Å². The van der Waals surface area contributed by atoms with Crippen molar-refractivity contribution in [3.63, 3.8) is 0 Å². The van der Waals surface area contributed by atoms with E-state index in [1.807, 2.05) is 0 Å². The van der Waals surface area contributed by atoms with Crippen LogP contribution in [0.25, 0.3) is 143 Å². The molecule has 0 N–H and O–H groups in total. The van der Waals surface area contributed by atoms with E-state index in [0.29, 0.717) is 0 Å². The minimum absolute atomic E-state index is 0.0394. The number of rotatable bonds is 6. The van der Waals surface area contributed by atoms with Crippen molar-refractivity contribution in [2.45, 2.75) is 0 Å². The van der Waals surface area contributed by atoms with E-state index >= 15 is 0 Å². The summed E-state index contributed by atoms with van der Waals surface area (Å²) < 4.78 is 323. The normalized spacial score (nSPS) is 18.7. The number of nitrogens with zero attached hydrogens (tertiary/aromatic N) is 2. The second-order valence-electron chi connectivity index (χ2n) is 15.3. The van der Waals surface area contributed by atoms with Crippen LogP contribution in [-0.2, 0) is 0 Å². The van der Waals surface area contributed by atoms with Gasteiger partial charge in [0.15, 0.2) is 0 Å². The van der Waals surface area contributed by atoms with Gasteiger partial charge in [-0.2, -0.15) is 0 Å². The van der Waals surface area contributed by atoms with Crippen molar-refractivity contribution < 1.29 is 51.0 Å². The van der Waals surface area contributed by atoms with Crippen LogP contribution in [0.3, 0.4) is 0 Å². The first-order chi connectivity index (χ1) is 48.4. The molecular formula is C66H40N2O. The molecule has 14 aromatic rings. The number of benzene rings is 11. The highest BCUT2D eigenvalue weighted by Gasteiger charge is 2.29. The highest BCUT2D eigenvalue weighted by molar-refractivity contribution is 6.18. The van der Waals surface area contributed by atoms with Gasteiger partial charge < -0.3 is 4.42 Å². The van der Waals surface area contributed by atoms with Crippen LogP contribution in [0.1, 0.15) is 46.6 Å². The topological polar surface area (TPSA) is 38.9 Å². The molecule has 0 radical (unpaired) electrons. The van der Waals surface area contributed by atoms with Crippen molar-refractivity contribution >= 4 is 75.7 Å². The van der Waals surface area contributed by atoms with Gasteiger partial charge in [-0.15, -0.1) is 0 Å². The zero-order valence-electron chi connectivity index (χ0n) is 68.8. The molecule has 3 heteroatoms. The molecule has 3 heterocycles. The Morgan fingerprint density at radius 1 is 0.304 bits per heavy atom. The summed E-state index contributed by atoms with van der Waals surface area (Å²) in [5.74, 6) is -2.21. The van der Waals surface area contributed by atoms with E-state index in [2.05, 4.69) is 4.98 Å². The second kappa shape index (κ2) is 15.7. The maximum atomic E-state index is 10.6. The number of hydrogen-bond acceptors (Lipinski definition) is 3. The van der Waals surface area contributed by atoms with E-state index in [1.165, 1.54) is 36.4 Å². The summed E-state index contributed by atoms with van der Waals surface area (Å²) in [6, 6.07) is -23.5. The molecule has 3 aromatic heterocycles. The molecule has 0 saturated carbocycles. The van der Waals surface area contributed by atoms with Gasteiger partial charge in [0.25, 0.3) is 0 Å². The molecular weight excluding hydrogens is 837 g/mol. The van der Waals surface area contributed by atoms with E-state index in [0.717, 1.165) is 0 Å². The van der Waals surface area contributed by atoms with Crippen LogP contribution in [0.5, 0.6) is 0 Å². The summed E-state index contributed by atoms with van der Waals surface area (Å²) in [6.45, 7) is 0. The maximum Gasteiger partial charge on any atom is 0.143 e. The first-order valence-corrected chi connectivity index (χ1v) is 20.8. The number of furan rings is 1. The summed E-state index contributed by atoms with van der Waals surface area (Å²) in [6.07, 6.45) is -0.700. The molecule has 0 unspecified atom stereocenters. The Morgan fingerprint density at radius 2 is 0.754 bits per heavy atom. The van der Waals surface area contributed by atoms with Gasteiger partial charge in [0.1, 0.15) is 11.5 Å². The SMILES string of the molecule is [2H]c1nc2c(c([2H])c1[2H])c([2H])c([2H])c1c([2H])c([2H])c(-c3ccc(-c4c([2H])c([2H])c(-c5c(-c6c([2H])c([2H])c([2H])c7c([2H])c([2H])c([2H])c([2H])c67)oc(-c6c([2H])c([2H])c([2H])c7c([2H])c([2H])c([2H])c([2H])c67)c5-c5c([2H])c([2H])c([2H])c6c([2H])c([2H])c([2H])c([2H])c56)c5c([2H])c([2H])c([2H])c([2H])c45)c4ccccc34)nc12. The van der Waals surface area contributed by atoms with Crippen molar-refractivity contribution in [3.8, 4) is 67.3 Å². The largest absolute Gasteiger partial charge is 0.455 e. The van der Waals surface area contributed by atoms with Crippen molar-refractivity contribution in [2.75, 3.05) is 0 Å². The predicted molar refractivity (Wildman–Crippen MR) is 289 cm³/mol. The molecule has 11 aromatic carbocycles. The van der Waals surface area contributed by atoms with Crippen LogP contribution in [0.4, 0.5) is 0 Å². The van der Waals surface area contributed by atoms with Gasteiger partial charge in [-0.25, -0.2) is 4.98 Å². The van der Waals surface area contributed by atoms with E-state index in [9.17, 15) is 26.0 Å². The second-order valence-corrected chi connectivity index (χ2v) is 15.3. The van der Waals surface area contributed by atoms with Gasteiger partial charge in [0.2, 0.25) is 0 Å². The van der Waals surface area contributed by atoms with Crippen LogP contribution >= 0.6 is 0 Å². The first kappa shape index (κ1) is 18.1. The molecule has 0 aliphatic rings. The molecule has 0 bridgehead atoms. The Labute approximate surface area is 446 Å². The molecule has 3 nitrogen and oxygen atoms in total. The van der Waals surface area contributed by atoms with Crippen molar-refractivity contribution in [1.82, 2.24) is 9.97 Å². The fraction of sp³-hybridized carbons (Fsp3) is 0. The molecule has 320 valence electrons. The minimum atomic E-state index is -1.19. The molecule has 0 fully saturated rings. The molecule has 0 atom stereocenters. The van der Waals surface area contributed by atoms with Crippen LogP contribution in [0, 0.1) is 0 Å². The molecule has 69 heavy (non-hydrogen) atoms. The lowest BCUT2D eigenvalue weighted by atomic mass is 9.84. The molecule has 0 spiro atoms. The third-order valence-corrected chi connectivity index (χ3v) is 11.7. The summed E-state index contributed by atoms with van der Waals surface area (Å²) in [4.78, 5) is 8.87. The number of hydrogen-bond donors (Lipinski definition) is 0. The Kier molecular flexibility index (Phi) is 4.13. The lowest BCUT2D eigenvalue weighted by Gasteiger charge is -2.17. The summed E-state index contributed by atoms with van der Waals surface area (Å²) in [5, 5.41) is -6.86. The Bertz CT molecular complexity index is 6400. The zero-order valence-corrected chi connectivity index (χ0v) is 34.8. The summed E-state index contributed by atoms with van der Waals surface area (Å²) >= 11 is 0. The van der Waals surface area contributed by atoms with E-state index in [4.69, 9.17) is 30.0 Å². The smallest absolute Gasteiger partial charge is 0.143 e. The van der Waals surface area contributed by atoms with Crippen molar-refractivity contribution in [2.24, 2.45) is 0 Å². The van der Waals surface area contributed by atoms with Crippen LogP contribution in [-0.4, -0.2) is 9.97 Å². The fourth-order valence-corrected chi connectivity index (χ4v) is 8.72. The van der Waals surface area contributed by atoms with E-state index in [-0.39, 0.29) is 49.4 Å². The van der Waals surface area contributed by atoms with Crippen LogP contribution in [0.2, 0.25) is 0 Å². The third kappa shape index (κ3) is 6.21. The maximum absolute atomic E-state index is 10.6. The minimum Gasteiger partial charge on any atom is -0.455 e. The van der Waals surface area contributed by atoms with Crippen LogP contribution < -0.4 is 0 Å². The van der Waals surface area contributed by atoms with Gasteiger partial charge >= 0.3 is 0 Å². The van der Waals surface area contributed by atoms with Gasteiger partial charge in [-0.05, 0) is 88.2 Å². The lowest BCUT2D eigenvalue weighted by molar-refractivity contribution is 0.600. The van der Waals surface area contributed by atoms with Crippen molar-refractivity contribution in [3.05, 3.63) is 242 Å². The first-order valence-electron chi connectivity index (χ1n) is 37.8. The van der Waals surface area contributed by atoms with Gasteiger partial charge in [0.05, 0.1) is 63.3 Å². The Balaban J connectivity index is 1.25. The Hall–Kier alpha value is -9.18. The van der Waals surface area contributed by atoms with E-state index < -0.39 is 299 Å². The third-order valence-electron chi connectivity index (χ3n) is 11.7. The number of fused-ring (bicyclic) bond motifs is 8. The van der Waals surface area contributed by atoms with E-state index in [1.54, 1.807) is 0 Å². The zero-order chi connectivity index (χ0) is 75.0. The van der Waals surface area contributed by atoms with Gasteiger partial charge in [-0.1, -0.05) is 224 Å². The molecule has 0 aliphatic heterocycles. The number of aromatic nitrogens is 2. The van der Waals surface area contributed by atoms with Crippen molar-refractivity contribution in [1.29, 1.82) is 0 Å². The molecule has 0 aliphatic carbocycles. The average molecular weight is 911 g/mol. The summed E-state index contributed by atoms with van der Waals surface area (Å²) in [7, 11) is 0. The fourth-order valence-electron chi connectivity index (χ4n) is 8.72. The monoisotopic (exact) mass is 911 g/mol. The highest BCUT2D eigenvalue weighted by Crippen LogP contribution is 2.54. The highest BCUT2D eigenvalue weighted by atomic mass is 16.3. The van der Waals surface area contributed by atoms with Crippen LogP contribution in [0.15, 0.2) is 246 Å².